The van der Waals surface area contributed by atoms with E-state index in [0.29, 0.717) is 5.92 Å². The van der Waals surface area contributed by atoms with E-state index in [1.807, 2.05) is 0 Å². The average Bonchev–Trinajstić information content (AvgIpc) is 2.36. The highest BCUT2D eigenvalue weighted by molar-refractivity contribution is 7.88. The third-order valence-electron chi connectivity index (χ3n) is 1.77. The zero-order valence-electron chi connectivity index (χ0n) is 5.74. The number of hydrogen-bond acceptors (Lipinski definition) is 1. The van der Waals surface area contributed by atoms with Gasteiger partial charge in [-0.1, -0.05) is 13.0 Å². The maximum absolute atomic E-state index is 5.38. The lowest BCUT2D eigenvalue weighted by Crippen LogP contribution is -1.93. The molecule has 1 aliphatic rings. The van der Waals surface area contributed by atoms with Gasteiger partial charge in [0, 0.05) is 13.2 Å². The van der Waals surface area contributed by atoms with Crippen molar-refractivity contribution in [1.82, 2.24) is 0 Å². The first-order valence-electron chi connectivity index (χ1n) is 3.36. The van der Waals surface area contributed by atoms with Gasteiger partial charge in [-0.05, 0) is 18.4 Å². The molecule has 10 heavy (non-hydrogen) atoms. The van der Waals surface area contributed by atoms with Gasteiger partial charge < -0.3 is 4.20 Å². The summed E-state index contributed by atoms with van der Waals surface area (Å²) in [6.45, 7) is 2.26. The Kier molecular flexibility index (Phi) is 1.64. The van der Waals surface area contributed by atoms with Gasteiger partial charge in [0.1, 0.15) is 5.76 Å². The van der Waals surface area contributed by atoms with Crippen molar-refractivity contribution in [2.45, 2.75) is 19.3 Å². The molecule has 0 bridgehead atoms. The van der Waals surface area contributed by atoms with Gasteiger partial charge >= 0.3 is 0 Å². The topological polar surface area (TPSA) is 13.1 Å². The van der Waals surface area contributed by atoms with Gasteiger partial charge in [0.15, 0.2) is 8.11 Å². The second kappa shape index (κ2) is 2.49. The van der Waals surface area contributed by atoms with E-state index in [2.05, 4.69) is 19.1 Å². The highest BCUT2D eigenvalue weighted by Crippen LogP contribution is 2.41. The van der Waals surface area contributed by atoms with Crippen LogP contribution in [0.15, 0.2) is 10.3 Å². The standard InChI is InChI=1S/C7H8OP2/c1-5-3-2-4-6-7(5)9-10-8-6/h2,4-5H,3H2,1H3. The molecule has 1 aliphatic carbocycles. The van der Waals surface area contributed by atoms with Crippen LogP contribution in [-0.2, 0) is 0 Å². The Bertz CT molecular complexity index is 264. The van der Waals surface area contributed by atoms with Gasteiger partial charge in [0.2, 0.25) is 0 Å². The van der Waals surface area contributed by atoms with Crippen molar-refractivity contribution in [2.24, 2.45) is 0 Å². The largest absolute Gasteiger partial charge is 0.434 e. The molecule has 52 valence electrons. The summed E-state index contributed by atoms with van der Waals surface area (Å²) in [5.74, 6) is 1.83. The summed E-state index contributed by atoms with van der Waals surface area (Å²) < 4.78 is 5.38. The van der Waals surface area contributed by atoms with Crippen LogP contribution < -0.4 is 0 Å². The number of fused-ring (bicyclic) bond motifs is 1. The number of rotatable bonds is 0. The third kappa shape index (κ3) is 0.944. The van der Waals surface area contributed by atoms with Crippen molar-refractivity contribution in [3.63, 3.8) is 0 Å². The SMILES string of the molecule is CC1CC=Cc2oppc21. The van der Waals surface area contributed by atoms with Crippen molar-refractivity contribution in [2.75, 3.05) is 0 Å². The van der Waals surface area contributed by atoms with E-state index in [9.17, 15) is 0 Å². The third-order valence-corrected chi connectivity index (χ3v) is 4.14. The summed E-state index contributed by atoms with van der Waals surface area (Å²) in [5.41, 5.74) is 0. The Morgan fingerprint density at radius 2 is 2.60 bits per heavy atom. The van der Waals surface area contributed by atoms with Crippen LogP contribution in [0.25, 0.3) is 6.08 Å². The van der Waals surface area contributed by atoms with Crippen molar-refractivity contribution >= 4 is 22.1 Å². The van der Waals surface area contributed by atoms with Crippen LogP contribution in [0.4, 0.5) is 0 Å². The van der Waals surface area contributed by atoms with E-state index < -0.39 is 0 Å². The fraction of sp³-hybridized carbons (Fsp3) is 0.429. The molecule has 0 saturated heterocycles. The van der Waals surface area contributed by atoms with Gasteiger partial charge in [-0.15, -0.1) is 0 Å². The Balaban J connectivity index is 2.52. The fourth-order valence-electron chi connectivity index (χ4n) is 1.15. The second-order valence-corrected chi connectivity index (χ2v) is 4.68. The van der Waals surface area contributed by atoms with Gasteiger partial charge in [-0.25, -0.2) is 0 Å². The molecule has 1 unspecified atom stereocenters. The van der Waals surface area contributed by atoms with Gasteiger partial charge in [0.05, 0.1) is 0 Å². The lowest BCUT2D eigenvalue weighted by Gasteiger charge is -2.09. The first kappa shape index (κ1) is 6.58. The van der Waals surface area contributed by atoms with Crippen LogP contribution >= 0.6 is 16.0 Å². The van der Waals surface area contributed by atoms with E-state index in [0.717, 1.165) is 13.9 Å². The molecular formula is C7H8OP2. The Hall–Kier alpha value is -0.120. The summed E-state index contributed by atoms with van der Waals surface area (Å²) >= 11 is 0. The van der Waals surface area contributed by atoms with Crippen LogP contribution in [0.5, 0.6) is 0 Å². The van der Waals surface area contributed by atoms with Crippen LogP contribution in [0, 0.1) is 0 Å². The lowest BCUT2D eigenvalue weighted by atomic mass is 10.0. The maximum Gasteiger partial charge on any atom is 0.156 e. The Labute approximate surface area is 63.3 Å². The molecule has 1 heterocycles. The molecule has 1 aromatic rings. The highest BCUT2D eigenvalue weighted by atomic mass is 31.8. The quantitative estimate of drug-likeness (QED) is 0.574. The smallest absolute Gasteiger partial charge is 0.156 e. The first-order chi connectivity index (χ1) is 4.88. The molecule has 1 aromatic heterocycles. The van der Waals surface area contributed by atoms with Crippen LogP contribution in [0.1, 0.15) is 30.3 Å². The monoisotopic (exact) mass is 170 g/mol. The minimum absolute atomic E-state index is 0.705. The molecule has 2 rings (SSSR count). The fourth-order valence-corrected chi connectivity index (χ4v) is 3.66. The highest BCUT2D eigenvalue weighted by Gasteiger charge is 2.15. The molecular weight excluding hydrogens is 162 g/mol. The summed E-state index contributed by atoms with van der Waals surface area (Å²) in [7, 11) is 2.45. The van der Waals surface area contributed by atoms with Crippen molar-refractivity contribution < 1.29 is 4.20 Å². The molecule has 0 amide bonds. The molecule has 3 heteroatoms. The van der Waals surface area contributed by atoms with Gasteiger partial charge in [-0.3, -0.25) is 0 Å². The summed E-state index contributed by atoms with van der Waals surface area (Å²) in [6.07, 6.45) is 5.48. The predicted octanol–water partition coefficient (Wildman–Crippen LogP) is 3.96. The summed E-state index contributed by atoms with van der Waals surface area (Å²) in [4.78, 5) is 0. The molecule has 0 saturated carbocycles. The van der Waals surface area contributed by atoms with Gasteiger partial charge in [0.25, 0.3) is 0 Å². The summed E-state index contributed by atoms with van der Waals surface area (Å²) in [5, 5.41) is 1.49. The zero-order chi connectivity index (χ0) is 6.97. The zero-order valence-corrected chi connectivity index (χ0v) is 7.53. The second-order valence-electron chi connectivity index (χ2n) is 2.56. The van der Waals surface area contributed by atoms with E-state index in [-0.39, 0.29) is 0 Å². The molecule has 0 aromatic carbocycles. The van der Waals surface area contributed by atoms with Crippen molar-refractivity contribution in [3.8, 4) is 0 Å². The molecule has 0 N–H and O–H groups in total. The summed E-state index contributed by atoms with van der Waals surface area (Å²) in [6, 6.07) is 0. The lowest BCUT2D eigenvalue weighted by molar-refractivity contribution is 0.647. The maximum atomic E-state index is 5.38. The molecule has 0 fully saturated rings. The minimum atomic E-state index is 0.705. The van der Waals surface area contributed by atoms with Crippen molar-refractivity contribution in [1.29, 1.82) is 0 Å². The molecule has 0 aliphatic heterocycles. The number of allylic oxidation sites excluding steroid dienone is 1. The van der Waals surface area contributed by atoms with E-state index in [1.165, 1.54) is 19.6 Å². The van der Waals surface area contributed by atoms with Crippen LogP contribution in [0.2, 0.25) is 0 Å². The van der Waals surface area contributed by atoms with Crippen molar-refractivity contribution in [3.05, 3.63) is 17.1 Å². The molecule has 1 nitrogen and oxygen atoms in total. The van der Waals surface area contributed by atoms with Crippen LogP contribution in [-0.4, -0.2) is 0 Å². The normalized spacial score (nSPS) is 24.3. The first-order valence-corrected chi connectivity index (χ1v) is 5.78. The van der Waals surface area contributed by atoms with E-state index >= 15 is 0 Å². The Morgan fingerprint density at radius 1 is 1.70 bits per heavy atom. The molecule has 0 spiro atoms. The van der Waals surface area contributed by atoms with E-state index in [1.54, 1.807) is 0 Å². The number of hydrogen-bond donors (Lipinski definition) is 0. The molecule has 1 atom stereocenters. The minimum Gasteiger partial charge on any atom is -0.434 e. The molecule has 0 radical (unpaired) electrons. The predicted molar refractivity (Wildman–Crippen MR) is 45.8 cm³/mol. The van der Waals surface area contributed by atoms with E-state index in [4.69, 9.17) is 4.20 Å². The Morgan fingerprint density at radius 3 is 3.40 bits per heavy atom. The van der Waals surface area contributed by atoms with Crippen LogP contribution in [0.3, 0.4) is 0 Å². The average molecular weight is 170 g/mol. The van der Waals surface area contributed by atoms with Gasteiger partial charge in [-0.2, -0.15) is 0 Å².